The number of halogens is 1. The molecule has 2 aromatic carbocycles. The quantitative estimate of drug-likeness (QED) is 0.309. The van der Waals surface area contributed by atoms with Gasteiger partial charge < -0.3 is 16.5 Å². The van der Waals surface area contributed by atoms with Crippen LogP contribution in [0.4, 0.5) is 10.1 Å². The monoisotopic (exact) mass is 463 g/mol. The van der Waals surface area contributed by atoms with Crippen molar-refractivity contribution in [3.8, 4) is 0 Å². The molecule has 1 atom stereocenters. The highest BCUT2D eigenvalue weighted by molar-refractivity contribution is 5.74. The lowest BCUT2D eigenvalue weighted by Crippen LogP contribution is -2.42. The number of hydrogen-bond donors (Lipinski definition) is 4. The van der Waals surface area contributed by atoms with Crippen molar-refractivity contribution in [2.75, 3.05) is 18.4 Å². The van der Waals surface area contributed by atoms with E-state index in [-0.39, 0.29) is 11.9 Å². The zero-order chi connectivity index (χ0) is 24.2. The summed E-state index contributed by atoms with van der Waals surface area (Å²) in [4.78, 5) is 2.62. The van der Waals surface area contributed by atoms with E-state index >= 15 is 0 Å². The lowest BCUT2D eigenvalue weighted by molar-refractivity contribution is 0.141. The number of nitrogens with one attached hydrogen (secondary N) is 2. The fourth-order valence-electron chi connectivity index (χ4n) is 5.05. The molecule has 6 N–H and O–H groups in total. The Kier molecular flexibility index (Phi) is 7.59. The second kappa shape index (κ2) is 10.6. The molecule has 2 aromatic rings. The molecule has 1 fully saturated rings. The van der Waals surface area contributed by atoms with Crippen LogP contribution in [-0.4, -0.2) is 24.0 Å². The molecule has 0 bridgehead atoms. The number of benzene rings is 2. The Morgan fingerprint density at radius 3 is 2.56 bits per heavy atom. The predicted molar refractivity (Wildman–Crippen MR) is 140 cm³/mol. The topological polar surface area (TPSA) is 79.3 Å². The van der Waals surface area contributed by atoms with Crippen LogP contribution in [-0.2, 0) is 0 Å². The number of nitrogens with zero attached hydrogens (tertiary/aromatic N) is 1. The molecule has 1 heterocycles. The summed E-state index contributed by atoms with van der Waals surface area (Å²) in [5, 5.41) is 3.61. The molecule has 0 aromatic heterocycles. The maximum Gasteiger partial charge on any atom is 0.126 e. The van der Waals surface area contributed by atoms with E-state index in [0.29, 0.717) is 11.3 Å². The molecule has 1 saturated carbocycles. The number of allylic oxidation sites excluding steroid dienone is 1. The highest BCUT2D eigenvalue weighted by Crippen LogP contribution is 2.35. The van der Waals surface area contributed by atoms with E-state index < -0.39 is 0 Å². The molecule has 4 rings (SSSR count). The fourth-order valence-corrected chi connectivity index (χ4v) is 5.05. The minimum Gasteiger partial charge on any atom is -0.401 e. The molecule has 0 amide bonds. The van der Waals surface area contributed by atoms with Gasteiger partial charge in [-0.2, -0.15) is 0 Å². The van der Waals surface area contributed by atoms with Gasteiger partial charge in [-0.15, -0.1) is 0 Å². The number of hydrogen-bond acceptors (Lipinski definition) is 5. The average molecular weight is 464 g/mol. The second-order valence-electron chi connectivity index (χ2n) is 9.63. The van der Waals surface area contributed by atoms with Crippen LogP contribution in [0.3, 0.4) is 0 Å². The first-order valence-electron chi connectivity index (χ1n) is 12.4. The van der Waals surface area contributed by atoms with Gasteiger partial charge in [0.2, 0.25) is 0 Å². The van der Waals surface area contributed by atoms with Gasteiger partial charge in [-0.25, -0.2) is 4.39 Å². The highest BCUT2D eigenvalue weighted by atomic mass is 19.1. The summed E-state index contributed by atoms with van der Waals surface area (Å²) in [6.45, 7) is 7.93. The Morgan fingerprint density at radius 1 is 1.21 bits per heavy atom. The van der Waals surface area contributed by atoms with Crippen molar-refractivity contribution >= 4 is 17.0 Å². The normalized spacial score (nSPS) is 18.6. The van der Waals surface area contributed by atoms with E-state index in [4.69, 9.17) is 11.6 Å². The van der Waals surface area contributed by atoms with Gasteiger partial charge >= 0.3 is 0 Å². The van der Waals surface area contributed by atoms with E-state index in [0.717, 1.165) is 54.5 Å². The Morgan fingerprint density at radius 2 is 2.00 bits per heavy atom. The minimum atomic E-state index is -0.197. The standard InChI is InChI=1S/C28H38FN5/c1-4-27(32-22-9-11-26(29)18(2)16-22)25-17-21(8-10-24(25)28(33-31)19(3)30)20-12-14-34(15-13-20)23-6-5-7-23/h8-12,16-17,23,27,32-33H,4-7,13-15,30-31H2,1-3H3/b28-19-. The Hall–Kier alpha value is -2.83. The van der Waals surface area contributed by atoms with Crippen molar-refractivity contribution in [2.24, 2.45) is 11.6 Å². The molecule has 182 valence electrons. The fraction of sp³-hybridized carbons (Fsp3) is 0.429. The summed E-state index contributed by atoms with van der Waals surface area (Å²) in [6.07, 6.45) is 8.35. The van der Waals surface area contributed by atoms with Gasteiger partial charge in [0.25, 0.3) is 0 Å². The predicted octanol–water partition coefficient (Wildman–Crippen LogP) is 5.45. The van der Waals surface area contributed by atoms with Crippen molar-refractivity contribution in [3.05, 3.63) is 76.2 Å². The van der Waals surface area contributed by atoms with E-state index in [9.17, 15) is 4.39 Å². The van der Waals surface area contributed by atoms with Crippen LogP contribution < -0.4 is 22.3 Å². The van der Waals surface area contributed by atoms with Crippen molar-refractivity contribution in [1.82, 2.24) is 10.3 Å². The summed E-state index contributed by atoms with van der Waals surface area (Å²) in [5.74, 6) is 5.69. The van der Waals surface area contributed by atoms with Crippen LogP contribution in [0.15, 0.2) is 48.2 Å². The largest absolute Gasteiger partial charge is 0.401 e. The van der Waals surface area contributed by atoms with Crippen molar-refractivity contribution in [1.29, 1.82) is 0 Å². The highest BCUT2D eigenvalue weighted by Gasteiger charge is 2.26. The SMILES string of the molecule is CCC(Nc1ccc(F)c(C)c1)c1cc(C2=CCN(C3CCC3)CC2)ccc1/C(NN)=C(\C)N. The van der Waals surface area contributed by atoms with Gasteiger partial charge in [0.15, 0.2) is 0 Å². The summed E-state index contributed by atoms with van der Waals surface area (Å²) in [6, 6.07) is 12.5. The molecule has 0 spiro atoms. The van der Waals surface area contributed by atoms with Gasteiger partial charge in [-0.1, -0.05) is 31.6 Å². The summed E-state index contributed by atoms with van der Waals surface area (Å²) < 4.78 is 13.8. The van der Waals surface area contributed by atoms with E-state index in [1.807, 2.05) is 13.0 Å². The maximum absolute atomic E-state index is 13.8. The average Bonchev–Trinajstić information content (AvgIpc) is 2.80. The maximum atomic E-state index is 13.8. The van der Waals surface area contributed by atoms with Gasteiger partial charge in [-0.3, -0.25) is 10.7 Å². The van der Waals surface area contributed by atoms with Crippen molar-refractivity contribution in [2.45, 2.75) is 65.0 Å². The summed E-state index contributed by atoms with van der Waals surface area (Å²) >= 11 is 0. The molecule has 1 aliphatic carbocycles. The van der Waals surface area contributed by atoms with E-state index in [1.165, 1.54) is 36.5 Å². The number of nitrogens with two attached hydrogens (primary N) is 2. The molecular weight excluding hydrogens is 425 g/mol. The van der Waals surface area contributed by atoms with Crippen molar-refractivity contribution < 1.29 is 4.39 Å². The number of rotatable bonds is 8. The van der Waals surface area contributed by atoms with Gasteiger partial charge in [-0.05, 0) is 86.1 Å². The Labute approximate surface area is 203 Å². The zero-order valence-corrected chi connectivity index (χ0v) is 20.6. The molecule has 0 radical (unpaired) electrons. The summed E-state index contributed by atoms with van der Waals surface area (Å²) in [7, 11) is 0. The third kappa shape index (κ3) is 5.13. The number of aryl methyl sites for hydroxylation is 1. The Balaban J connectivity index is 1.69. The summed E-state index contributed by atoms with van der Waals surface area (Å²) in [5.41, 5.74) is 16.6. The lowest BCUT2D eigenvalue weighted by atomic mass is 9.87. The molecule has 1 aliphatic heterocycles. The molecule has 6 heteroatoms. The molecular formula is C28H38FN5. The lowest BCUT2D eigenvalue weighted by Gasteiger charge is -2.39. The molecule has 5 nitrogen and oxygen atoms in total. The van der Waals surface area contributed by atoms with Crippen molar-refractivity contribution in [3.63, 3.8) is 0 Å². The number of anilines is 1. The van der Waals surface area contributed by atoms with Crippen LogP contribution in [0.1, 0.15) is 74.2 Å². The van der Waals surface area contributed by atoms with Crippen LogP contribution >= 0.6 is 0 Å². The Bertz CT molecular complexity index is 1080. The third-order valence-electron chi connectivity index (χ3n) is 7.34. The zero-order valence-electron chi connectivity index (χ0n) is 20.6. The van der Waals surface area contributed by atoms with Gasteiger partial charge in [0.05, 0.1) is 11.7 Å². The smallest absolute Gasteiger partial charge is 0.126 e. The molecule has 0 saturated heterocycles. The van der Waals surface area contributed by atoms with E-state index in [1.54, 1.807) is 13.0 Å². The van der Waals surface area contributed by atoms with Crippen LogP contribution in [0.5, 0.6) is 0 Å². The minimum absolute atomic E-state index is 0.0122. The van der Waals surface area contributed by atoms with Crippen LogP contribution in [0.2, 0.25) is 0 Å². The van der Waals surface area contributed by atoms with Crippen LogP contribution in [0.25, 0.3) is 11.3 Å². The van der Waals surface area contributed by atoms with Crippen LogP contribution in [0, 0.1) is 12.7 Å². The third-order valence-corrected chi connectivity index (χ3v) is 7.34. The molecule has 1 unspecified atom stereocenters. The second-order valence-corrected chi connectivity index (χ2v) is 9.63. The van der Waals surface area contributed by atoms with Gasteiger partial charge in [0, 0.05) is 36.1 Å². The molecule has 2 aliphatic rings. The molecule has 34 heavy (non-hydrogen) atoms. The first-order chi connectivity index (χ1) is 16.4. The van der Waals surface area contributed by atoms with E-state index in [2.05, 4.69) is 46.8 Å². The van der Waals surface area contributed by atoms with Gasteiger partial charge in [0.1, 0.15) is 5.82 Å². The first-order valence-corrected chi connectivity index (χ1v) is 12.4. The first kappa shape index (κ1) is 24.3. The number of hydrazine groups is 1.